The van der Waals surface area contributed by atoms with Crippen LogP contribution in [-0.2, 0) is 9.53 Å². The number of carbonyl (C=O) groups excluding carboxylic acids is 1. The molecule has 0 aromatic heterocycles. The maximum absolute atomic E-state index is 11.6. The van der Waals surface area contributed by atoms with Gasteiger partial charge in [-0.05, 0) is 31.6 Å². The summed E-state index contributed by atoms with van der Waals surface area (Å²) in [4.78, 5) is 11.6. The lowest BCUT2D eigenvalue weighted by Gasteiger charge is -2.18. The van der Waals surface area contributed by atoms with E-state index in [9.17, 15) is 4.79 Å². The predicted molar refractivity (Wildman–Crippen MR) is 61.5 cm³/mol. The van der Waals surface area contributed by atoms with Crippen LogP contribution in [0.4, 0.5) is 0 Å². The van der Waals surface area contributed by atoms with Gasteiger partial charge in [0.2, 0.25) is 0 Å². The van der Waals surface area contributed by atoms with Crippen molar-refractivity contribution in [2.24, 2.45) is 17.8 Å². The van der Waals surface area contributed by atoms with E-state index >= 15 is 0 Å². The molecule has 0 unspecified atom stereocenters. The first-order valence-corrected chi connectivity index (χ1v) is 6.25. The van der Waals surface area contributed by atoms with Gasteiger partial charge in [-0.25, -0.2) is 0 Å². The third-order valence-electron chi connectivity index (χ3n) is 3.45. The first-order valence-electron chi connectivity index (χ1n) is 6.25. The summed E-state index contributed by atoms with van der Waals surface area (Å²) in [5, 5.41) is 9.08. The van der Waals surface area contributed by atoms with E-state index in [1.807, 2.05) is 0 Å². The van der Waals surface area contributed by atoms with Gasteiger partial charge in [-0.1, -0.05) is 26.2 Å². The summed E-state index contributed by atoms with van der Waals surface area (Å²) in [7, 11) is 0. The fourth-order valence-electron chi connectivity index (χ4n) is 2.43. The topological polar surface area (TPSA) is 50.1 Å². The van der Waals surface area contributed by atoms with Crippen LogP contribution in [0.2, 0.25) is 0 Å². The van der Waals surface area contributed by atoms with E-state index in [0.29, 0.717) is 6.61 Å². The highest BCUT2D eigenvalue weighted by molar-refractivity contribution is 5.75. The first-order chi connectivity index (χ1) is 7.69. The zero-order chi connectivity index (χ0) is 12.0. The minimum atomic E-state index is -0.551. The van der Waals surface area contributed by atoms with Gasteiger partial charge in [-0.3, -0.25) is 4.79 Å². The highest BCUT2D eigenvalue weighted by Crippen LogP contribution is 2.32. The number of carbonyl (C=O) groups is 1. The molecule has 3 atom stereocenters. The van der Waals surface area contributed by atoms with Crippen molar-refractivity contribution < 1.29 is 9.53 Å². The van der Waals surface area contributed by atoms with Crippen molar-refractivity contribution >= 4 is 5.97 Å². The third-order valence-corrected chi connectivity index (χ3v) is 3.45. The van der Waals surface area contributed by atoms with Gasteiger partial charge in [0.05, 0.1) is 12.7 Å². The summed E-state index contributed by atoms with van der Waals surface area (Å²) >= 11 is 0. The fourth-order valence-corrected chi connectivity index (χ4v) is 2.43. The van der Waals surface area contributed by atoms with Crippen LogP contribution in [0.1, 0.15) is 46.0 Å². The molecule has 0 aliphatic heterocycles. The molecule has 0 N–H and O–H groups in total. The number of ether oxygens (including phenoxy) is 1. The molecule has 0 spiro atoms. The Bertz CT molecular complexity index is 270. The maximum atomic E-state index is 11.6. The van der Waals surface area contributed by atoms with Crippen molar-refractivity contribution in [3.63, 3.8) is 0 Å². The molecule has 1 aliphatic rings. The van der Waals surface area contributed by atoms with Crippen molar-refractivity contribution in [2.75, 3.05) is 6.61 Å². The average molecular weight is 223 g/mol. The van der Waals surface area contributed by atoms with Crippen LogP contribution >= 0.6 is 0 Å². The van der Waals surface area contributed by atoms with Gasteiger partial charge in [-0.2, -0.15) is 5.26 Å². The van der Waals surface area contributed by atoms with E-state index in [1.54, 1.807) is 6.92 Å². The highest BCUT2D eigenvalue weighted by atomic mass is 16.5. The molecule has 1 saturated carbocycles. The maximum Gasteiger partial charge on any atom is 0.323 e. The number of hydrogen-bond donors (Lipinski definition) is 0. The number of nitriles is 1. The van der Waals surface area contributed by atoms with Crippen molar-refractivity contribution in [3.8, 4) is 6.07 Å². The molecule has 0 saturated heterocycles. The summed E-state index contributed by atoms with van der Waals surface area (Å²) in [5.41, 5.74) is 0. The molecule has 0 radical (unpaired) electrons. The summed E-state index contributed by atoms with van der Waals surface area (Å²) in [5.74, 6) is 0.0512. The molecule has 0 amide bonds. The molecule has 16 heavy (non-hydrogen) atoms. The van der Waals surface area contributed by atoms with Crippen LogP contribution in [0.3, 0.4) is 0 Å². The Labute approximate surface area is 97.8 Å². The van der Waals surface area contributed by atoms with E-state index in [0.717, 1.165) is 31.6 Å². The molecular weight excluding hydrogens is 202 g/mol. The molecule has 0 heterocycles. The van der Waals surface area contributed by atoms with E-state index in [-0.39, 0.29) is 11.9 Å². The van der Waals surface area contributed by atoms with Crippen LogP contribution in [0.15, 0.2) is 0 Å². The minimum Gasteiger partial charge on any atom is -0.465 e. The molecule has 1 aliphatic carbocycles. The molecule has 1 fully saturated rings. The van der Waals surface area contributed by atoms with Gasteiger partial charge < -0.3 is 4.74 Å². The second-order valence-electron chi connectivity index (χ2n) is 4.73. The SMILES string of the molecule is CCOC(=O)[C@@H](C#N)[C@H]1CCC[C@H](C)CC1. The van der Waals surface area contributed by atoms with E-state index < -0.39 is 5.92 Å². The summed E-state index contributed by atoms with van der Waals surface area (Å²) in [6, 6.07) is 2.12. The van der Waals surface area contributed by atoms with E-state index in [1.165, 1.54) is 6.42 Å². The monoisotopic (exact) mass is 223 g/mol. The zero-order valence-electron chi connectivity index (χ0n) is 10.2. The third kappa shape index (κ3) is 3.52. The van der Waals surface area contributed by atoms with Crippen LogP contribution in [0, 0.1) is 29.1 Å². The molecular formula is C13H21NO2. The largest absolute Gasteiger partial charge is 0.465 e. The van der Waals surface area contributed by atoms with Crippen LogP contribution in [0.25, 0.3) is 0 Å². The van der Waals surface area contributed by atoms with Crippen molar-refractivity contribution in [2.45, 2.75) is 46.0 Å². The number of esters is 1. The van der Waals surface area contributed by atoms with Crippen molar-refractivity contribution in [1.29, 1.82) is 5.26 Å². The Hall–Kier alpha value is -1.04. The van der Waals surface area contributed by atoms with Gasteiger partial charge in [0.15, 0.2) is 0 Å². The Morgan fingerprint density at radius 2 is 2.19 bits per heavy atom. The lowest BCUT2D eigenvalue weighted by atomic mass is 9.87. The number of rotatable bonds is 3. The smallest absolute Gasteiger partial charge is 0.323 e. The van der Waals surface area contributed by atoms with E-state index in [2.05, 4.69) is 13.0 Å². The van der Waals surface area contributed by atoms with E-state index in [4.69, 9.17) is 10.00 Å². The second-order valence-corrected chi connectivity index (χ2v) is 4.73. The van der Waals surface area contributed by atoms with Gasteiger partial charge in [0.1, 0.15) is 5.92 Å². The quantitative estimate of drug-likeness (QED) is 0.546. The lowest BCUT2D eigenvalue weighted by Crippen LogP contribution is -2.24. The van der Waals surface area contributed by atoms with Gasteiger partial charge in [0.25, 0.3) is 0 Å². The Morgan fingerprint density at radius 1 is 1.44 bits per heavy atom. The van der Waals surface area contributed by atoms with Crippen molar-refractivity contribution in [1.82, 2.24) is 0 Å². The molecule has 0 aromatic rings. The fraction of sp³-hybridized carbons (Fsp3) is 0.846. The van der Waals surface area contributed by atoms with Gasteiger partial charge in [-0.15, -0.1) is 0 Å². The molecule has 3 nitrogen and oxygen atoms in total. The standard InChI is InChI=1S/C13H21NO2/c1-3-16-13(15)12(9-14)11-6-4-5-10(2)7-8-11/h10-12H,3-8H2,1-2H3/t10-,11-,12-/m0/s1. The predicted octanol–water partition coefficient (Wildman–Crippen LogP) is 2.91. The Balaban J connectivity index is 2.58. The van der Waals surface area contributed by atoms with Gasteiger partial charge in [0, 0.05) is 0 Å². The molecule has 90 valence electrons. The summed E-state index contributed by atoms with van der Waals surface area (Å²) < 4.78 is 4.95. The highest BCUT2D eigenvalue weighted by Gasteiger charge is 2.30. The molecule has 3 heteroatoms. The Morgan fingerprint density at radius 3 is 2.81 bits per heavy atom. The minimum absolute atomic E-state index is 0.203. The zero-order valence-corrected chi connectivity index (χ0v) is 10.2. The molecule has 1 rings (SSSR count). The second kappa shape index (κ2) is 6.52. The number of hydrogen-bond acceptors (Lipinski definition) is 3. The molecule has 0 bridgehead atoms. The summed E-state index contributed by atoms with van der Waals surface area (Å²) in [6.07, 6.45) is 5.45. The van der Waals surface area contributed by atoms with Crippen molar-refractivity contribution in [3.05, 3.63) is 0 Å². The van der Waals surface area contributed by atoms with Crippen LogP contribution < -0.4 is 0 Å². The van der Waals surface area contributed by atoms with Crippen LogP contribution in [0.5, 0.6) is 0 Å². The average Bonchev–Trinajstić information content (AvgIpc) is 2.46. The summed E-state index contributed by atoms with van der Waals surface area (Å²) in [6.45, 7) is 4.38. The lowest BCUT2D eigenvalue weighted by molar-refractivity contribution is -0.147. The molecule has 0 aromatic carbocycles. The van der Waals surface area contributed by atoms with Crippen LogP contribution in [-0.4, -0.2) is 12.6 Å². The first kappa shape index (κ1) is 13.0. The van der Waals surface area contributed by atoms with Gasteiger partial charge >= 0.3 is 5.97 Å². The Kier molecular flexibility index (Phi) is 5.31. The number of nitrogens with zero attached hydrogens (tertiary/aromatic N) is 1. The normalized spacial score (nSPS) is 27.6.